The summed E-state index contributed by atoms with van der Waals surface area (Å²) < 4.78 is 5.32. The number of H-pyrrole nitrogens is 1. The molecule has 2 aromatic carbocycles. The number of rotatable bonds is 27. The fourth-order valence-electron chi connectivity index (χ4n) is 6.66. The van der Waals surface area contributed by atoms with Gasteiger partial charge in [-0.2, -0.15) is 4.98 Å². The second kappa shape index (κ2) is 26.6. The molecule has 0 radical (unpaired) electrons. The summed E-state index contributed by atoms with van der Waals surface area (Å²) in [5.74, 6) is -7.36. The van der Waals surface area contributed by atoms with E-state index in [-0.39, 0.29) is 67.0 Å². The van der Waals surface area contributed by atoms with E-state index in [9.17, 15) is 53.4 Å². The highest BCUT2D eigenvalue weighted by Gasteiger charge is 2.35. The molecule has 4 rings (SSSR count). The summed E-state index contributed by atoms with van der Waals surface area (Å²) in [5.41, 5.74) is 12.4. The largest absolute Gasteiger partial charge is 0.480 e. The average molecular weight is 954 g/mol. The standard InChI is InChI=1S/C46H55N11O12/c1-3-10-26(11-4-2)36(55-42(63)27-12-6-5-7-13-27)38(45(67)68)69-35(60)22-21-33(58)49-23-9-8-14-31(39(47)61)53-34(59)20-19-32(44(65)66)54-41(62)28-15-17-29(18-16-28)50-24-30-25-51-40-37(52-30)43(64)57-46(48)56-40/h3,5-7,10-13,15-18,25,31-32,36,38,50H,4,8-9,14,19-24H2,1-2H3,(H2,47,61)(H,49,58)(H,53,59)(H,54,62)(H,55,63)(H,65,66)(H,67,68)(H3,48,51,56,57,64)/b10-3-,26-11+. The number of carboxylic acids is 2. The first kappa shape index (κ1) is 53.1. The number of carbonyl (C=O) groups excluding carboxylic acids is 6. The third-order valence-corrected chi connectivity index (χ3v) is 10.1. The van der Waals surface area contributed by atoms with Crippen LogP contribution < -0.4 is 43.6 Å². The molecule has 0 aliphatic heterocycles. The molecule has 2 aromatic heterocycles. The fourth-order valence-corrected chi connectivity index (χ4v) is 6.66. The second-order valence-electron chi connectivity index (χ2n) is 15.4. The number of carbonyl (C=O) groups is 8. The van der Waals surface area contributed by atoms with Gasteiger partial charge in [0.15, 0.2) is 11.2 Å². The Morgan fingerprint density at radius 1 is 0.812 bits per heavy atom. The van der Waals surface area contributed by atoms with Crippen LogP contribution >= 0.6 is 0 Å². The maximum Gasteiger partial charge on any atom is 0.347 e. The summed E-state index contributed by atoms with van der Waals surface area (Å²) in [4.78, 5) is 127. The average Bonchev–Trinajstić information content (AvgIpc) is 3.32. The number of primary amides is 1. The van der Waals surface area contributed by atoms with E-state index < -0.39 is 83.7 Å². The number of benzene rings is 2. The van der Waals surface area contributed by atoms with Gasteiger partial charge in [0.05, 0.1) is 24.9 Å². The molecule has 0 aliphatic rings. The number of aromatic amines is 1. The van der Waals surface area contributed by atoms with Crippen LogP contribution in [0.5, 0.6) is 0 Å². The van der Waals surface area contributed by atoms with Gasteiger partial charge >= 0.3 is 17.9 Å². The van der Waals surface area contributed by atoms with Crippen molar-refractivity contribution in [3.05, 3.63) is 112 Å². The summed E-state index contributed by atoms with van der Waals surface area (Å²) >= 11 is 0. The molecule has 0 fully saturated rings. The van der Waals surface area contributed by atoms with Crippen molar-refractivity contribution in [1.29, 1.82) is 0 Å². The number of aliphatic carboxylic acids is 2. The third kappa shape index (κ3) is 17.0. The number of amides is 5. The third-order valence-electron chi connectivity index (χ3n) is 10.1. The Morgan fingerprint density at radius 3 is 2.16 bits per heavy atom. The SMILES string of the molecule is C/C=C\C(=C/CC)C(NC(=O)c1ccccc1)C(OC(=O)CCC(=O)NCCCCC(NC(=O)CCC(NC(=O)c1ccc(NCc2cnc3nc(N)[nH]c(=O)c3n2)cc1)C(=O)O)C(N)=O)C(=O)O. The Bertz CT molecular complexity index is 2600. The van der Waals surface area contributed by atoms with Crippen LogP contribution in [-0.2, 0) is 40.0 Å². The van der Waals surface area contributed by atoms with Gasteiger partial charge in [0.25, 0.3) is 17.4 Å². The van der Waals surface area contributed by atoms with Crippen LogP contribution in [0.3, 0.4) is 0 Å². The normalized spacial score (nSPS) is 13.0. The lowest BCUT2D eigenvalue weighted by Crippen LogP contribution is -2.50. The van der Waals surface area contributed by atoms with Gasteiger partial charge in [-0.25, -0.2) is 19.6 Å². The van der Waals surface area contributed by atoms with Crippen molar-refractivity contribution in [2.24, 2.45) is 5.73 Å². The van der Waals surface area contributed by atoms with E-state index in [1.807, 2.05) is 6.92 Å². The van der Waals surface area contributed by atoms with E-state index in [4.69, 9.17) is 16.2 Å². The van der Waals surface area contributed by atoms with E-state index in [0.717, 1.165) is 0 Å². The molecule has 4 aromatic rings. The predicted molar refractivity (Wildman–Crippen MR) is 250 cm³/mol. The number of nitrogens with zero attached hydrogens (tertiary/aromatic N) is 3. The maximum absolute atomic E-state index is 13.0. The molecule has 0 saturated heterocycles. The molecule has 0 spiro atoms. The molecule has 2 heterocycles. The minimum absolute atomic E-state index is 0.0130. The van der Waals surface area contributed by atoms with Crippen molar-refractivity contribution in [1.82, 2.24) is 41.2 Å². The number of esters is 1. The van der Waals surface area contributed by atoms with E-state index >= 15 is 0 Å². The van der Waals surface area contributed by atoms with Crippen LogP contribution in [0.1, 0.15) is 91.6 Å². The van der Waals surface area contributed by atoms with E-state index in [2.05, 4.69) is 46.5 Å². The first-order valence-corrected chi connectivity index (χ1v) is 21.8. The van der Waals surface area contributed by atoms with Crippen LogP contribution in [0.25, 0.3) is 11.2 Å². The molecule has 5 amide bonds. The topological polar surface area (TPSA) is 370 Å². The molecule has 0 bridgehead atoms. The molecule has 23 nitrogen and oxygen atoms in total. The Kier molecular flexibility index (Phi) is 20.5. The number of carboxylic acid groups (broad SMARTS) is 2. The Balaban J connectivity index is 1.18. The quantitative estimate of drug-likeness (QED) is 0.0231. The van der Waals surface area contributed by atoms with E-state index in [1.54, 1.807) is 67.6 Å². The minimum Gasteiger partial charge on any atom is -0.480 e. The number of allylic oxidation sites excluding steroid dienone is 2. The Morgan fingerprint density at radius 2 is 1.51 bits per heavy atom. The number of nitrogens with one attached hydrogen (secondary N) is 6. The lowest BCUT2D eigenvalue weighted by Gasteiger charge is -2.26. The molecule has 69 heavy (non-hydrogen) atoms. The molecule has 4 atom stereocenters. The summed E-state index contributed by atoms with van der Waals surface area (Å²) in [6, 6.07) is 10.3. The van der Waals surface area contributed by atoms with Gasteiger partial charge in [-0.15, -0.1) is 0 Å². The first-order chi connectivity index (χ1) is 33.0. The zero-order chi connectivity index (χ0) is 50.5. The van der Waals surface area contributed by atoms with Crippen LogP contribution in [0.2, 0.25) is 0 Å². The highest BCUT2D eigenvalue weighted by atomic mass is 16.6. The van der Waals surface area contributed by atoms with Crippen molar-refractivity contribution in [2.45, 2.75) is 96.0 Å². The molecular formula is C46H55N11O12. The van der Waals surface area contributed by atoms with Gasteiger partial charge in [0.1, 0.15) is 18.1 Å². The molecule has 366 valence electrons. The summed E-state index contributed by atoms with van der Waals surface area (Å²) in [7, 11) is 0. The second-order valence-corrected chi connectivity index (χ2v) is 15.4. The summed E-state index contributed by atoms with van der Waals surface area (Å²) in [6.45, 7) is 3.81. The number of hydrogen-bond donors (Lipinski definition) is 10. The van der Waals surface area contributed by atoms with Crippen molar-refractivity contribution in [3.8, 4) is 0 Å². The highest BCUT2D eigenvalue weighted by Crippen LogP contribution is 2.17. The predicted octanol–water partition coefficient (Wildman–Crippen LogP) is 1.61. The van der Waals surface area contributed by atoms with Crippen LogP contribution in [0.15, 0.2) is 89.4 Å². The van der Waals surface area contributed by atoms with Gasteiger partial charge in [-0.3, -0.25) is 38.5 Å². The van der Waals surface area contributed by atoms with Gasteiger partial charge < -0.3 is 53.0 Å². The number of hydrogen-bond acceptors (Lipinski definition) is 15. The van der Waals surface area contributed by atoms with Gasteiger partial charge in [0, 0.05) is 36.2 Å². The lowest BCUT2D eigenvalue weighted by atomic mass is 9.98. The van der Waals surface area contributed by atoms with Gasteiger partial charge in [-0.1, -0.05) is 43.4 Å². The number of anilines is 2. The summed E-state index contributed by atoms with van der Waals surface area (Å²) in [6.07, 6.45) is 4.27. The number of unbranched alkanes of at least 4 members (excludes halogenated alkanes) is 1. The van der Waals surface area contributed by atoms with E-state index in [1.165, 1.54) is 18.3 Å². The number of nitrogens with two attached hydrogens (primary N) is 2. The molecule has 0 aliphatic carbocycles. The smallest absolute Gasteiger partial charge is 0.347 e. The molecular weight excluding hydrogens is 899 g/mol. The Hall–Kier alpha value is -8.50. The number of fused-ring (bicyclic) bond motifs is 1. The van der Waals surface area contributed by atoms with Crippen LogP contribution in [0.4, 0.5) is 11.6 Å². The summed E-state index contributed by atoms with van der Waals surface area (Å²) in [5, 5.41) is 33.0. The Labute approximate surface area is 395 Å². The highest BCUT2D eigenvalue weighted by molar-refractivity contribution is 5.97. The maximum atomic E-state index is 13.0. The van der Waals surface area contributed by atoms with Crippen molar-refractivity contribution >= 4 is 70.2 Å². The lowest BCUT2D eigenvalue weighted by molar-refractivity contribution is -0.165. The molecule has 12 N–H and O–H groups in total. The van der Waals surface area contributed by atoms with Crippen molar-refractivity contribution < 1.29 is 53.3 Å². The first-order valence-electron chi connectivity index (χ1n) is 21.8. The number of ether oxygens (including phenoxy) is 1. The fraction of sp³-hybridized carbons (Fsp3) is 0.348. The number of aromatic nitrogens is 4. The van der Waals surface area contributed by atoms with Crippen molar-refractivity contribution in [3.63, 3.8) is 0 Å². The monoisotopic (exact) mass is 953 g/mol. The van der Waals surface area contributed by atoms with Gasteiger partial charge in [-0.05, 0) is 81.0 Å². The zero-order valence-corrected chi connectivity index (χ0v) is 37.9. The van der Waals surface area contributed by atoms with Gasteiger partial charge in [0.2, 0.25) is 29.8 Å². The molecule has 0 saturated carbocycles. The molecule has 23 heteroatoms. The zero-order valence-electron chi connectivity index (χ0n) is 37.9. The van der Waals surface area contributed by atoms with Crippen LogP contribution in [0, 0.1) is 0 Å². The molecule has 4 unspecified atom stereocenters. The van der Waals surface area contributed by atoms with Crippen molar-refractivity contribution in [2.75, 3.05) is 17.6 Å². The number of nitrogen functional groups attached to an aromatic ring is 1. The minimum atomic E-state index is -1.82. The van der Waals surface area contributed by atoms with Crippen LogP contribution in [-0.4, -0.2) is 108 Å². The van der Waals surface area contributed by atoms with E-state index in [0.29, 0.717) is 36.2 Å².